The highest BCUT2D eigenvalue weighted by Gasteiger charge is 2.09. The molecule has 0 spiro atoms. The van der Waals surface area contributed by atoms with E-state index in [4.69, 9.17) is 5.26 Å². The van der Waals surface area contributed by atoms with E-state index in [1.165, 1.54) is 0 Å². The molecule has 0 fully saturated rings. The molecule has 0 heterocycles. The number of nitriles is 1. The Bertz CT molecular complexity index is 837. The number of hydrogen-bond acceptors (Lipinski definition) is 4. The lowest BCUT2D eigenvalue weighted by atomic mass is 10.1. The summed E-state index contributed by atoms with van der Waals surface area (Å²) < 4.78 is 25.3. The SMILES string of the molecule is Cc1ccc(N[C@H](C)c2ccc(C#N)cc2)cc1NS(C)(=O)=O. The molecule has 0 aliphatic carbocycles. The van der Waals surface area contributed by atoms with Crippen molar-refractivity contribution in [3.63, 3.8) is 0 Å². The minimum absolute atomic E-state index is 0.0246. The van der Waals surface area contributed by atoms with Gasteiger partial charge in [-0.1, -0.05) is 18.2 Å². The van der Waals surface area contributed by atoms with E-state index in [1.54, 1.807) is 18.2 Å². The number of aryl methyl sites for hydroxylation is 1. The highest BCUT2D eigenvalue weighted by atomic mass is 32.2. The molecule has 23 heavy (non-hydrogen) atoms. The molecular formula is C17H19N3O2S. The topological polar surface area (TPSA) is 82.0 Å². The second-order valence-electron chi connectivity index (χ2n) is 5.50. The maximum Gasteiger partial charge on any atom is 0.229 e. The largest absolute Gasteiger partial charge is 0.378 e. The standard InChI is InChI=1S/C17H19N3O2S/c1-12-4-9-16(10-17(12)20-23(3,21)22)19-13(2)15-7-5-14(11-18)6-8-15/h4-10,13,19-20H,1-3H3/t13-/m1/s1. The van der Waals surface area contributed by atoms with Crippen molar-refractivity contribution < 1.29 is 8.42 Å². The number of nitrogens with one attached hydrogen (secondary N) is 2. The summed E-state index contributed by atoms with van der Waals surface area (Å²) in [7, 11) is -3.31. The van der Waals surface area contributed by atoms with Crippen LogP contribution in [0.3, 0.4) is 0 Å². The number of benzene rings is 2. The molecule has 0 unspecified atom stereocenters. The quantitative estimate of drug-likeness (QED) is 0.880. The molecular weight excluding hydrogens is 310 g/mol. The Hall–Kier alpha value is -2.52. The minimum atomic E-state index is -3.31. The fraction of sp³-hybridized carbons (Fsp3) is 0.235. The molecule has 0 aliphatic rings. The van der Waals surface area contributed by atoms with E-state index in [-0.39, 0.29) is 6.04 Å². The average molecular weight is 329 g/mol. The van der Waals surface area contributed by atoms with E-state index < -0.39 is 10.0 Å². The lowest BCUT2D eigenvalue weighted by Crippen LogP contribution is -2.12. The van der Waals surface area contributed by atoms with Gasteiger partial charge >= 0.3 is 0 Å². The predicted molar refractivity (Wildman–Crippen MR) is 92.8 cm³/mol. The Morgan fingerprint density at radius 2 is 1.78 bits per heavy atom. The Morgan fingerprint density at radius 3 is 2.35 bits per heavy atom. The number of sulfonamides is 1. The first kappa shape index (κ1) is 16.8. The molecule has 0 aromatic heterocycles. The minimum Gasteiger partial charge on any atom is -0.378 e. The first-order chi connectivity index (χ1) is 10.8. The fourth-order valence-electron chi connectivity index (χ4n) is 2.20. The maximum absolute atomic E-state index is 11.4. The molecule has 0 saturated heterocycles. The fourth-order valence-corrected chi connectivity index (χ4v) is 2.82. The van der Waals surface area contributed by atoms with Crippen LogP contribution in [-0.4, -0.2) is 14.7 Å². The van der Waals surface area contributed by atoms with E-state index in [9.17, 15) is 8.42 Å². The van der Waals surface area contributed by atoms with Gasteiger partial charge in [0.05, 0.1) is 23.6 Å². The van der Waals surface area contributed by atoms with Crippen LogP contribution in [0.15, 0.2) is 42.5 Å². The van der Waals surface area contributed by atoms with Crippen molar-refractivity contribution in [2.45, 2.75) is 19.9 Å². The highest BCUT2D eigenvalue weighted by Crippen LogP contribution is 2.25. The summed E-state index contributed by atoms with van der Waals surface area (Å²) in [5.41, 5.74) is 3.90. The highest BCUT2D eigenvalue weighted by molar-refractivity contribution is 7.92. The average Bonchev–Trinajstić information content (AvgIpc) is 2.49. The van der Waals surface area contributed by atoms with Gasteiger partial charge in [-0.25, -0.2) is 8.42 Å². The third-order valence-corrected chi connectivity index (χ3v) is 4.05. The zero-order valence-electron chi connectivity index (χ0n) is 13.3. The summed E-state index contributed by atoms with van der Waals surface area (Å²) in [5, 5.41) is 12.2. The summed E-state index contributed by atoms with van der Waals surface area (Å²) in [6.45, 7) is 3.85. The first-order valence-electron chi connectivity index (χ1n) is 7.13. The van der Waals surface area contributed by atoms with Crippen LogP contribution in [0.4, 0.5) is 11.4 Å². The van der Waals surface area contributed by atoms with Gasteiger partial charge in [-0.2, -0.15) is 5.26 Å². The van der Waals surface area contributed by atoms with Gasteiger partial charge in [-0.15, -0.1) is 0 Å². The molecule has 2 aromatic carbocycles. The number of rotatable bonds is 5. The Morgan fingerprint density at radius 1 is 1.13 bits per heavy atom. The molecule has 0 bridgehead atoms. The van der Waals surface area contributed by atoms with E-state index in [1.807, 2.05) is 38.1 Å². The van der Waals surface area contributed by atoms with Gasteiger partial charge in [0.2, 0.25) is 10.0 Å². The van der Waals surface area contributed by atoms with E-state index in [0.29, 0.717) is 11.3 Å². The van der Waals surface area contributed by atoms with Crippen molar-refractivity contribution in [1.29, 1.82) is 5.26 Å². The molecule has 0 saturated carbocycles. The molecule has 2 rings (SSSR count). The van der Waals surface area contributed by atoms with Crippen molar-refractivity contribution >= 4 is 21.4 Å². The number of anilines is 2. The van der Waals surface area contributed by atoms with Crippen LogP contribution >= 0.6 is 0 Å². The number of nitrogens with zero attached hydrogens (tertiary/aromatic N) is 1. The smallest absolute Gasteiger partial charge is 0.229 e. The van der Waals surface area contributed by atoms with E-state index in [0.717, 1.165) is 23.1 Å². The lowest BCUT2D eigenvalue weighted by Gasteiger charge is -2.17. The van der Waals surface area contributed by atoms with Gasteiger partial charge < -0.3 is 5.32 Å². The van der Waals surface area contributed by atoms with Crippen molar-refractivity contribution in [3.8, 4) is 6.07 Å². The monoisotopic (exact) mass is 329 g/mol. The molecule has 2 aromatic rings. The van der Waals surface area contributed by atoms with Crippen LogP contribution in [0, 0.1) is 18.3 Å². The molecule has 6 heteroatoms. The van der Waals surface area contributed by atoms with Crippen molar-refractivity contribution in [1.82, 2.24) is 0 Å². The van der Waals surface area contributed by atoms with Gasteiger partial charge in [-0.3, -0.25) is 4.72 Å². The second-order valence-corrected chi connectivity index (χ2v) is 7.25. The molecule has 1 atom stereocenters. The molecule has 0 aliphatic heterocycles. The van der Waals surface area contributed by atoms with Gasteiger partial charge in [0.1, 0.15) is 0 Å². The van der Waals surface area contributed by atoms with Gasteiger partial charge in [-0.05, 0) is 49.2 Å². The Kier molecular flexibility index (Phi) is 4.92. The van der Waals surface area contributed by atoms with Crippen molar-refractivity contribution in [2.24, 2.45) is 0 Å². The molecule has 0 amide bonds. The summed E-state index contributed by atoms with van der Waals surface area (Å²) in [4.78, 5) is 0. The maximum atomic E-state index is 11.4. The third kappa shape index (κ3) is 4.73. The van der Waals surface area contributed by atoms with Gasteiger partial charge in [0.25, 0.3) is 0 Å². The van der Waals surface area contributed by atoms with Crippen molar-refractivity contribution in [3.05, 3.63) is 59.2 Å². The molecule has 5 nitrogen and oxygen atoms in total. The predicted octanol–water partition coefficient (Wildman–Crippen LogP) is 3.41. The molecule has 0 radical (unpaired) electrons. The van der Waals surface area contributed by atoms with Crippen LogP contribution in [0.25, 0.3) is 0 Å². The summed E-state index contributed by atoms with van der Waals surface area (Å²) in [5.74, 6) is 0. The summed E-state index contributed by atoms with van der Waals surface area (Å²) in [6, 6.07) is 15.0. The van der Waals surface area contributed by atoms with Crippen LogP contribution in [0.1, 0.15) is 29.7 Å². The third-order valence-electron chi connectivity index (χ3n) is 3.46. The Labute approximate surface area is 137 Å². The summed E-state index contributed by atoms with van der Waals surface area (Å²) >= 11 is 0. The van der Waals surface area contributed by atoms with Crippen molar-refractivity contribution in [2.75, 3.05) is 16.3 Å². The normalized spacial score (nSPS) is 12.3. The van der Waals surface area contributed by atoms with E-state index >= 15 is 0 Å². The molecule has 120 valence electrons. The number of hydrogen-bond donors (Lipinski definition) is 2. The summed E-state index contributed by atoms with van der Waals surface area (Å²) in [6.07, 6.45) is 1.13. The lowest BCUT2D eigenvalue weighted by molar-refractivity contribution is 0.607. The van der Waals surface area contributed by atoms with Gasteiger partial charge in [0.15, 0.2) is 0 Å². The van der Waals surface area contributed by atoms with E-state index in [2.05, 4.69) is 16.1 Å². The zero-order valence-corrected chi connectivity index (χ0v) is 14.1. The van der Waals surface area contributed by atoms with Crippen LogP contribution in [0.2, 0.25) is 0 Å². The zero-order chi connectivity index (χ0) is 17.0. The van der Waals surface area contributed by atoms with Crippen LogP contribution in [-0.2, 0) is 10.0 Å². The molecule has 2 N–H and O–H groups in total. The Balaban J connectivity index is 2.19. The first-order valence-corrected chi connectivity index (χ1v) is 9.02. The van der Waals surface area contributed by atoms with Gasteiger partial charge in [0, 0.05) is 11.7 Å². The second kappa shape index (κ2) is 6.71. The van der Waals surface area contributed by atoms with Crippen LogP contribution < -0.4 is 10.0 Å². The van der Waals surface area contributed by atoms with Crippen LogP contribution in [0.5, 0.6) is 0 Å².